The molecule has 64 valence electrons. The van der Waals surface area contributed by atoms with Crippen molar-refractivity contribution in [3.8, 4) is 11.8 Å². The first-order chi connectivity index (χ1) is 5.76. The van der Waals surface area contributed by atoms with E-state index in [0.29, 0.717) is 0 Å². The molecule has 0 aromatic carbocycles. The van der Waals surface area contributed by atoms with Crippen molar-refractivity contribution >= 4 is 11.9 Å². The van der Waals surface area contributed by atoms with Gasteiger partial charge in [-0.15, -0.1) is 0 Å². The van der Waals surface area contributed by atoms with Crippen LogP contribution in [0.15, 0.2) is 9.98 Å². The first-order valence-corrected chi connectivity index (χ1v) is 3.26. The van der Waals surface area contributed by atoms with Gasteiger partial charge in [0.05, 0.1) is 7.11 Å². The second-order valence-electron chi connectivity index (χ2n) is 1.97. The second kappa shape index (κ2) is 3.74. The highest BCUT2D eigenvalue weighted by Gasteiger charge is 2.05. The number of ether oxygens (including phenoxy) is 2. The Labute approximate surface area is 70.3 Å². The van der Waals surface area contributed by atoms with Crippen molar-refractivity contribution in [2.24, 2.45) is 15.7 Å². The summed E-state index contributed by atoms with van der Waals surface area (Å²) in [7, 11) is 2.96. The summed E-state index contributed by atoms with van der Waals surface area (Å²) in [5.41, 5.74) is 5.39. The number of nitrogens with zero attached hydrogens (tertiary/aromatic N) is 2. The van der Waals surface area contributed by atoms with Crippen LogP contribution >= 0.6 is 0 Å². The van der Waals surface area contributed by atoms with E-state index in [4.69, 9.17) is 15.2 Å². The second-order valence-corrected chi connectivity index (χ2v) is 1.97. The maximum absolute atomic E-state index is 5.39. The molecule has 0 saturated heterocycles. The predicted molar refractivity (Wildman–Crippen MR) is 44.6 cm³/mol. The van der Waals surface area contributed by atoms with Crippen LogP contribution in [0.4, 0.5) is 0 Å². The van der Waals surface area contributed by atoms with E-state index in [1.165, 1.54) is 14.2 Å². The Balaban J connectivity index is 2.87. The molecule has 0 aromatic rings. The van der Waals surface area contributed by atoms with Crippen molar-refractivity contribution in [2.45, 2.75) is 6.23 Å². The summed E-state index contributed by atoms with van der Waals surface area (Å²) in [6, 6.07) is 0. The van der Waals surface area contributed by atoms with Crippen LogP contribution in [-0.2, 0) is 9.47 Å². The first-order valence-electron chi connectivity index (χ1n) is 3.26. The minimum absolute atomic E-state index is 0.0937. The molecule has 2 N–H and O–H groups in total. The van der Waals surface area contributed by atoms with Crippen LogP contribution in [0.3, 0.4) is 0 Å². The highest BCUT2D eigenvalue weighted by molar-refractivity contribution is 6.02. The molecule has 0 amide bonds. The van der Waals surface area contributed by atoms with E-state index in [1.54, 1.807) is 0 Å². The summed E-state index contributed by atoms with van der Waals surface area (Å²) in [5, 5.41) is 0. The highest BCUT2D eigenvalue weighted by Crippen LogP contribution is 1.94. The molecule has 0 aliphatic carbocycles. The van der Waals surface area contributed by atoms with Gasteiger partial charge in [0, 0.05) is 7.11 Å². The molecule has 1 atom stereocenters. The van der Waals surface area contributed by atoms with Crippen LogP contribution in [0.5, 0.6) is 0 Å². The minimum Gasteiger partial charge on any atom is -0.475 e. The molecule has 1 unspecified atom stereocenters. The first kappa shape index (κ1) is 8.56. The van der Waals surface area contributed by atoms with Crippen molar-refractivity contribution in [3.63, 3.8) is 0 Å². The lowest BCUT2D eigenvalue weighted by atomic mass is 10.5. The van der Waals surface area contributed by atoms with Crippen LogP contribution in [0.25, 0.3) is 0 Å². The fraction of sp³-hybridized carbons (Fsp3) is 0.429. The van der Waals surface area contributed by atoms with Crippen LogP contribution in [0, 0.1) is 11.8 Å². The summed E-state index contributed by atoms with van der Waals surface area (Å²) in [4.78, 5) is 7.58. The molecule has 0 fully saturated rings. The van der Waals surface area contributed by atoms with Gasteiger partial charge in [-0.3, -0.25) is 0 Å². The summed E-state index contributed by atoms with van der Waals surface area (Å²) in [6.07, 6.45) is -0.554. The molecule has 0 radical (unpaired) electrons. The molecule has 0 saturated carbocycles. The van der Waals surface area contributed by atoms with Gasteiger partial charge in [-0.05, 0) is 11.8 Å². The lowest BCUT2D eigenvalue weighted by Gasteiger charge is -1.99. The number of aliphatic imine (C=N–C) groups is 2. The van der Waals surface area contributed by atoms with Crippen molar-refractivity contribution in [3.05, 3.63) is 0 Å². The third kappa shape index (κ3) is 1.97. The molecular formula is C7H9N3O2. The van der Waals surface area contributed by atoms with Gasteiger partial charge in [-0.2, -0.15) is 4.99 Å². The van der Waals surface area contributed by atoms with Crippen molar-refractivity contribution in [1.29, 1.82) is 0 Å². The van der Waals surface area contributed by atoms with Crippen molar-refractivity contribution in [2.75, 3.05) is 14.2 Å². The third-order valence-corrected chi connectivity index (χ3v) is 1.18. The minimum atomic E-state index is -0.554. The van der Waals surface area contributed by atoms with Crippen LogP contribution in [-0.4, -0.2) is 32.3 Å². The Morgan fingerprint density at radius 1 is 1.50 bits per heavy atom. The Morgan fingerprint density at radius 2 is 2.25 bits per heavy atom. The van der Waals surface area contributed by atoms with E-state index >= 15 is 0 Å². The van der Waals surface area contributed by atoms with Gasteiger partial charge in [-0.1, -0.05) is 0 Å². The quantitative estimate of drug-likeness (QED) is 0.527. The number of methoxy groups -OCH3 is 2. The smallest absolute Gasteiger partial charge is 0.271 e. The van der Waals surface area contributed by atoms with Crippen LogP contribution in [0.1, 0.15) is 0 Å². The summed E-state index contributed by atoms with van der Waals surface area (Å²) in [6.45, 7) is 0. The fourth-order valence-corrected chi connectivity index (χ4v) is 0.645. The zero-order chi connectivity index (χ0) is 8.97. The lowest BCUT2D eigenvalue weighted by Crippen LogP contribution is -2.14. The van der Waals surface area contributed by atoms with Gasteiger partial charge in [0.25, 0.3) is 5.90 Å². The van der Waals surface area contributed by atoms with Crippen LogP contribution in [0.2, 0.25) is 0 Å². The molecule has 1 aliphatic rings. The Hall–Kier alpha value is -1.54. The molecule has 0 bridgehead atoms. The number of guanidine groups is 1. The van der Waals surface area contributed by atoms with Gasteiger partial charge in [0.1, 0.15) is 0 Å². The Morgan fingerprint density at radius 3 is 2.83 bits per heavy atom. The zero-order valence-electron chi connectivity index (χ0n) is 6.87. The molecule has 5 nitrogen and oxygen atoms in total. The van der Waals surface area contributed by atoms with Gasteiger partial charge >= 0.3 is 0 Å². The topological polar surface area (TPSA) is 69.2 Å². The van der Waals surface area contributed by atoms with Gasteiger partial charge in [-0.25, -0.2) is 4.99 Å². The molecule has 1 rings (SSSR count). The summed E-state index contributed by atoms with van der Waals surface area (Å²) in [5.74, 6) is 5.63. The third-order valence-electron chi connectivity index (χ3n) is 1.18. The SMILES string of the molecule is COC1=NC(N)=NC(OC)C#C1. The molecule has 5 heteroatoms. The maximum atomic E-state index is 5.39. The zero-order valence-corrected chi connectivity index (χ0v) is 6.87. The molecule has 0 aromatic heterocycles. The molecule has 12 heavy (non-hydrogen) atoms. The molecule has 0 spiro atoms. The van der Waals surface area contributed by atoms with E-state index in [-0.39, 0.29) is 11.9 Å². The standard InChI is InChI=1S/C7H9N3O2/c1-11-5-3-4-6(12-2)10-7(8)9-5/h5H,1-2H3,(H2,8,9). The molecule has 1 aliphatic heterocycles. The average molecular weight is 167 g/mol. The van der Waals surface area contributed by atoms with E-state index in [1.807, 2.05) is 0 Å². The normalized spacial score (nSPS) is 21.3. The monoisotopic (exact) mass is 167 g/mol. The summed E-state index contributed by atoms with van der Waals surface area (Å²) >= 11 is 0. The van der Waals surface area contributed by atoms with Crippen molar-refractivity contribution < 1.29 is 9.47 Å². The Bertz CT molecular complexity index is 285. The van der Waals surface area contributed by atoms with Gasteiger partial charge in [0.2, 0.25) is 12.2 Å². The molecular weight excluding hydrogens is 158 g/mol. The Kier molecular flexibility index (Phi) is 2.66. The van der Waals surface area contributed by atoms with Gasteiger partial charge < -0.3 is 15.2 Å². The van der Waals surface area contributed by atoms with E-state index < -0.39 is 6.23 Å². The number of rotatable bonds is 1. The highest BCUT2D eigenvalue weighted by atomic mass is 16.5. The maximum Gasteiger partial charge on any atom is 0.271 e. The number of hydrogen-bond acceptors (Lipinski definition) is 5. The summed E-state index contributed by atoms with van der Waals surface area (Å²) < 4.78 is 9.66. The van der Waals surface area contributed by atoms with E-state index in [9.17, 15) is 0 Å². The average Bonchev–Trinajstić information content (AvgIpc) is 2.26. The largest absolute Gasteiger partial charge is 0.475 e. The lowest BCUT2D eigenvalue weighted by molar-refractivity contribution is 0.156. The number of hydrogen-bond donors (Lipinski definition) is 1. The van der Waals surface area contributed by atoms with Crippen LogP contribution < -0.4 is 5.73 Å². The van der Waals surface area contributed by atoms with E-state index in [2.05, 4.69) is 21.8 Å². The predicted octanol–water partition coefficient (Wildman–Crippen LogP) is -0.665. The van der Waals surface area contributed by atoms with E-state index in [0.717, 1.165) is 0 Å². The molecule has 1 heterocycles. The van der Waals surface area contributed by atoms with Gasteiger partial charge in [0.15, 0.2) is 0 Å². The van der Waals surface area contributed by atoms with Crippen molar-refractivity contribution in [1.82, 2.24) is 0 Å². The fourth-order valence-electron chi connectivity index (χ4n) is 0.645. The number of nitrogens with two attached hydrogens (primary N) is 1.